The average Bonchev–Trinajstić information content (AvgIpc) is 3.31. The Balaban J connectivity index is 1.06. The molecule has 12 heteroatoms. The second-order valence-corrected chi connectivity index (χ2v) is 15.4. The highest BCUT2D eigenvalue weighted by atomic mass is 32.1. The van der Waals surface area contributed by atoms with Gasteiger partial charge in [-0.05, 0) is 60.5 Å². The molecule has 0 bridgehead atoms. The van der Waals surface area contributed by atoms with E-state index in [-0.39, 0.29) is 44.3 Å². The van der Waals surface area contributed by atoms with Crippen LogP contribution in [0.15, 0.2) is 29.8 Å². The van der Waals surface area contributed by atoms with Crippen LogP contribution in [0.25, 0.3) is 10.4 Å². The zero-order valence-corrected chi connectivity index (χ0v) is 29.7. The summed E-state index contributed by atoms with van der Waals surface area (Å²) in [5.41, 5.74) is 4.08. The third-order valence-electron chi connectivity index (χ3n) is 9.81. The van der Waals surface area contributed by atoms with E-state index in [4.69, 9.17) is 4.74 Å². The Bertz CT molecular complexity index is 1540. The van der Waals surface area contributed by atoms with E-state index in [0.29, 0.717) is 30.8 Å². The summed E-state index contributed by atoms with van der Waals surface area (Å²) in [6, 6.07) is 6.11. The number of nitrogens with zero attached hydrogens (tertiary/aromatic N) is 2. The van der Waals surface area contributed by atoms with E-state index in [9.17, 15) is 24.3 Å². The monoisotopic (exact) mass is 691 g/mol. The van der Waals surface area contributed by atoms with Gasteiger partial charge in [0.2, 0.25) is 17.7 Å². The molecule has 1 unspecified atom stereocenters. The number of likely N-dealkylation sites (tertiary alicyclic amines) is 1. The summed E-state index contributed by atoms with van der Waals surface area (Å²) in [5.74, 6) is 6.87. The number of ether oxygens (including phenoxy) is 1. The first-order chi connectivity index (χ1) is 23.4. The number of aliphatic hydroxyl groups is 1. The second-order valence-electron chi connectivity index (χ2n) is 14.5. The molecule has 4 amide bonds. The summed E-state index contributed by atoms with van der Waals surface area (Å²) in [5, 5.41) is 19.0. The number of rotatable bonds is 12. The van der Waals surface area contributed by atoms with Crippen molar-refractivity contribution in [3.8, 4) is 22.3 Å². The average molecular weight is 692 g/mol. The first-order valence-electron chi connectivity index (χ1n) is 17.3. The fourth-order valence-corrected chi connectivity index (χ4v) is 7.77. The Morgan fingerprint density at radius 2 is 1.78 bits per heavy atom. The summed E-state index contributed by atoms with van der Waals surface area (Å²) < 4.78 is 5.45. The van der Waals surface area contributed by atoms with Gasteiger partial charge in [0.1, 0.15) is 12.1 Å². The van der Waals surface area contributed by atoms with Gasteiger partial charge < -0.3 is 30.7 Å². The Morgan fingerprint density at radius 1 is 1.08 bits per heavy atom. The lowest BCUT2D eigenvalue weighted by Gasteiger charge is -2.35. The molecule has 1 aromatic carbocycles. The molecule has 1 aliphatic heterocycles. The predicted octanol–water partition coefficient (Wildman–Crippen LogP) is 4.17. The van der Waals surface area contributed by atoms with Crippen LogP contribution >= 0.6 is 11.3 Å². The highest BCUT2D eigenvalue weighted by molar-refractivity contribution is 7.13. The Hall–Kier alpha value is -3.95. The van der Waals surface area contributed by atoms with Gasteiger partial charge in [0.15, 0.2) is 0 Å². The van der Waals surface area contributed by atoms with Crippen molar-refractivity contribution >= 4 is 35.2 Å². The number of aryl methyl sites for hydroxylation is 1. The first-order valence-corrected chi connectivity index (χ1v) is 18.2. The minimum atomic E-state index is -0.915. The fourth-order valence-electron chi connectivity index (χ4n) is 6.96. The standard InChI is InChI=1S/C37H49N5O6S/c1-23-32(49-22-40-23)25-15-13-24(14-16-25)19-39-34(45)30-18-26(43)20-42(30)35(46)33(37(2,3)4)41-31(44)12-9-17-38-36(47)48-21-29-27-10-7-5-6-8-11-28(27)29/h13-16,22,26-30,33,43H,7-12,17-21H2,1-4H3,(H,38,47)(H,39,45)(H,41,44)/t26-,27-,28+,29?,30+,33-/m1/s1. The highest BCUT2D eigenvalue weighted by Gasteiger charge is 2.49. The van der Waals surface area contributed by atoms with Gasteiger partial charge in [0.25, 0.3) is 0 Å². The molecule has 11 nitrogen and oxygen atoms in total. The van der Waals surface area contributed by atoms with Crippen LogP contribution in [0.1, 0.15) is 77.0 Å². The molecule has 0 spiro atoms. The van der Waals surface area contributed by atoms with E-state index in [1.165, 1.54) is 4.90 Å². The van der Waals surface area contributed by atoms with Gasteiger partial charge in [0, 0.05) is 45.3 Å². The fraction of sp³-hybridized carbons (Fsp3) is 0.595. The number of amides is 4. The number of hydrogen-bond donors (Lipinski definition) is 4. The number of β-amino-alcohol motifs (C(OH)–C–C–N with tert-alkyl or cyclic N) is 1. The zero-order chi connectivity index (χ0) is 35.1. The van der Waals surface area contributed by atoms with E-state index in [1.54, 1.807) is 11.3 Å². The molecule has 49 heavy (non-hydrogen) atoms. The Morgan fingerprint density at radius 3 is 2.41 bits per heavy atom. The van der Waals surface area contributed by atoms with Crippen LogP contribution in [-0.4, -0.2) is 76.7 Å². The predicted molar refractivity (Wildman–Crippen MR) is 187 cm³/mol. The van der Waals surface area contributed by atoms with Crippen molar-refractivity contribution in [1.82, 2.24) is 25.8 Å². The molecule has 2 aliphatic carbocycles. The lowest BCUT2D eigenvalue weighted by Crippen LogP contribution is -2.57. The van der Waals surface area contributed by atoms with Gasteiger partial charge in [0.05, 0.1) is 28.8 Å². The van der Waals surface area contributed by atoms with Crippen LogP contribution in [0.5, 0.6) is 0 Å². The third-order valence-corrected chi connectivity index (χ3v) is 10.8. The lowest BCUT2D eigenvalue weighted by atomic mass is 9.85. The topological polar surface area (TPSA) is 150 Å². The van der Waals surface area contributed by atoms with E-state index >= 15 is 0 Å². The van der Waals surface area contributed by atoms with Gasteiger partial charge in [-0.15, -0.1) is 23.2 Å². The molecule has 2 heterocycles. The molecule has 1 aromatic heterocycles. The molecule has 3 aliphatic rings. The quantitative estimate of drug-likeness (QED) is 0.193. The first kappa shape index (κ1) is 36.3. The van der Waals surface area contributed by atoms with Crippen molar-refractivity contribution in [3.05, 3.63) is 41.0 Å². The van der Waals surface area contributed by atoms with Crippen LogP contribution in [0.3, 0.4) is 0 Å². The summed E-state index contributed by atoms with van der Waals surface area (Å²) in [4.78, 5) is 59.2. The summed E-state index contributed by atoms with van der Waals surface area (Å²) in [7, 11) is 0. The van der Waals surface area contributed by atoms with Gasteiger partial charge >= 0.3 is 6.09 Å². The maximum atomic E-state index is 13.9. The molecule has 2 aromatic rings. The van der Waals surface area contributed by atoms with Crippen molar-refractivity contribution in [2.24, 2.45) is 23.2 Å². The second kappa shape index (κ2) is 16.2. The van der Waals surface area contributed by atoms with Crippen LogP contribution in [-0.2, 0) is 25.7 Å². The largest absolute Gasteiger partial charge is 0.449 e. The van der Waals surface area contributed by atoms with Crippen LogP contribution in [0, 0.1) is 41.9 Å². The van der Waals surface area contributed by atoms with Crippen LogP contribution in [0.4, 0.5) is 4.79 Å². The van der Waals surface area contributed by atoms with E-state index < -0.39 is 35.6 Å². The van der Waals surface area contributed by atoms with E-state index in [1.807, 2.05) is 57.5 Å². The van der Waals surface area contributed by atoms with Crippen molar-refractivity contribution < 1.29 is 29.0 Å². The molecule has 2 fully saturated rings. The maximum absolute atomic E-state index is 13.9. The van der Waals surface area contributed by atoms with E-state index in [2.05, 4.69) is 32.8 Å². The van der Waals surface area contributed by atoms with Crippen molar-refractivity contribution in [3.63, 3.8) is 0 Å². The number of carbonyl (C=O) groups excluding carboxylic acids is 4. The smallest absolute Gasteiger partial charge is 0.407 e. The van der Waals surface area contributed by atoms with Crippen LogP contribution < -0.4 is 16.0 Å². The summed E-state index contributed by atoms with van der Waals surface area (Å²) >= 11 is 1.58. The minimum absolute atomic E-state index is 0.00439. The summed E-state index contributed by atoms with van der Waals surface area (Å²) in [6.07, 6.45) is 3.20. The number of fused-ring (bicyclic) bond motifs is 1. The Kier molecular flexibility index (Phi) is 12.0. The number of aliphatic hydroxyl groups excluding tert-OH is 1. The molecule has 6 atom stereocenters. The zero-order valence-electron chi connectivity index (χ0n) is 28.9. The molecular weight excluding hydrogens is 643 g/mol. The van der Waals surface area contributed by atoms with Gasteiger partial charge in [-0.1, -0.05) is 45.0 Å². The van der Waals surface area contributed by atoms with Gasteiger partial charge in [-0.2, -0.15) is 0 Å². The Labute approximate surface area is 293 Å². The number of nitrogens with one attached hydrogen (secondary N) is 3. The maximum Gasteiger partial charge on any atom is 0.407 e. The van der Waals surface area contributed by atoms with Gasteiger partial charge in [-0.25, -0.2) is 9.78 Å². The normalized spacial score (nSPS) is 23.5. The molecule has 5 rings (SSSR count). The lowest BCUT2D eigenvalue weighted by molar-refractivity contribution is -0.144. The number of thiazole rings is 1. The highest BCUT2D eigenvalue weighted by Crippen LogP contribution is 2.52. The molecule has 4 N–H and O–H groups in total. The van der Waals surface area contributed by atoms with Crippen molar-refractivity contribution in [2.75, 3.05) is 19.7 Å². The van der Waals surface area contributed by atoms with Crippen LogP contribution in [0.2, 0.25) is 0 Å². The number of carbonyl (C=O) groups is 4. The number of benzene rings is 1. The third kappa shape index (κ3) is 9.61. The molecule has 1 saturated heterocycles. The molecular formula is C37H49N5O6S. The van der Waals surface area contributed by atoms with E-state index in [0.717, 1.165) is 47.4 Å². The molecule has 1 saturated carbocycles. The SMILES string of the molecule is Cc1ncsc1-c1ccc(CNC(=O)[C@@H]2C[C@@H](O)CN2C(=O)[C@@H](NC(=O)CCCNC(=O)OCC2[C@H]3CCC#CCC[C@@H]23)C(C)(C)C)cc1. The number of alkyl carbamates (subject to hydrolysis) is 1. The molecule has 264 valence electrons. The minimum Gasteiger partial charge on any atom is -0.449 e. The van der Waals surface area contributed by atoms with Gasteiger partial charge in [-0.3, -0.25) is 14.4 Å². The van der Waals surface area contributed by atoms with Crippen molar-refractivity contribution in [2.45, 2.75) is 97.4 Å². The molecule has 0 radical (unpaired) electrons. The number of hydrogen-bond acceptors (Lipinski definition) is 8. The van der Waals surface area contributed by atoms with Crippen molar-refractivity contribution in [1.29, 1.82) is 0 Å². The number of aromatic nitrogens is 1. The summed E-state index contributed by atoms with van der Waals surface area (Å²) in [6.45, 7) is 8.45.